The van der Waals surface area contributed by atoms with Gasteiger partial charge in [0.1, 0.15) is 19.3 Å². The number of esters is 4. The zero-order chi connectivity index (χ0) is 67.9. The molecule has 0 aromatic carbocycles. The quantitative estimate of drug-likeness (QED) is 0.0222. The predicted molar refractivity (Wildman–Crippen MR) is 372 cm³/mol. The predicted octanol–water partition coefficient (Wildman–Crippen LogP) is 21.2. The Morgan fingerprint density at radius 1 is 0.304 bits per heavy atom. The summed E-state index contributed by atoms with van der Waals surface area (Å²) in [5, 5.41) is 10.6. The van der Waals surface area contributed by atoms with Crippen LogP contribution >= 0.6 is 15.6 Å². The molecule has 546 valence electrons. The molecule has 19 heteroatoms. The lowest BCUT2D eigenvalue weighted by atomic mass is 9.99. The largest absolute Gasteiger partial charge is 0.472 e. The molecule has 0 spiro atoms. The average Bonchev–Trinajstić information content (AvgIpc) is 1.75. The van der Waals surface area contributed by atoms with Crippen molar-refractivity contribution in [1.82, 2.24) is 0 Å². The van der Waals surface area contributed by atoms with Crippen LogP contribution in [-0.2, 0) is 65.4 Å². The second-order valence-corrected chi connectivity index (χ2v) is 29.7. The van der Waals surface area contributed by atoms with E-state index in [1.54, 1.807) is 0 Å². The van der Waals surface area contributed by atoms with Crippen LogP contribution < -0.4 is 0 Å². The van der Waals surface area contributed by atoms with Gasteiger partial charge in [-0.3, -0.25) is 37.3 Å². The van der Waals surface area contributed by atoms with Crippen molar-refractivity contribution in [2.75, 3.05) is 39.6 Å². The van der Waals surface area contributed by atoms with Crippen LogP contribution in [-0.4, -0.2) is 96.7 Å². The number of aliphatic hydroxyl groups is 1. The van der Waals surface area contributed by atoms with Gasteiger partial charge in [0.05, 0.1) is 26.4 Å². The number of hydrogen-bond acceptors (Lipinski definition) is 15. The minimum Gasteiger partial charge on any atom is -0.462 e. The third-order valence-electron chi connectivity index (χ3n) is 17.7. The van der Waals surface area contributed by atoms with Gasteiger partial charge in [0, 0.05) is 25.7 Å². The van der Waals surface area contributed by atoms with Crippen LogP contribution in [0.25, 0.3) is 0 Å². The van der Waals surface area contributed by atoms with E-state index in [4.69, 9.17) is 37.0 Å². The van der Waals surface area contributed by atoms with Gasteiger partial charge in [-0.1, -0.05) is 324 Å². The van der Waals surface area contributed by atoms with Crippen molar-refractivity contribution in [3.8, 4) is 0 Å². The fourth-order valence-electron chi connectivity index (χ4n) is 11.1. The Bertz CT molecular complexity index is 1790. The van der Waals surface area contributed by atoms with Crippen LogP contribution in [0.15, 0.2) is 0 Å². The van der Waals surface area contributed by atoms with Crippen LogP contribution in [0.3, 0.4) is 0 Å². The highest BCUT2D eigenvalue weighted by molar-refractivity contribution is 7.47. The Morgan fingerprint density at radius 3 is 0.772 bits per heavy atom. The van der Waals surface area contributed by atoms with E-state index in [1.807, 2.05) is 0 Å². The molecule has 17 nitrogen and oxygen atoms in total. The number of carbonyl (C=O) groups is 4. The standard InChI is InChI=1S/C73H142O17P2/c1-7-11-13-15-17-30-39-45-51-57-72(77)89-68(61-83-70(75)55-49-43-35-16-14-12-8-2)63-87-91(79,80)85-59-67(74)60-86-92(81,82)88-64-69(90-73(78)58-52-46-40-34-29-25-21-19-23-27-32-37-42-48-54-66(6)10-4)62-84-71(76)56-50-44-38-33-28-24-20-18-22-26-31-36-41-47-53-65(5)9-3/h65-69,74H,7-64H2,1-6H3,(H,79,80)(H,81,82)/t65?,66?,67-,68+,69+/m0/s1. The molecular weight excluding hydrogens is 1210 g/mol. The van der Waals surface area contributed by atoms with E-state index in [2.05, 4.69) is 41.5 Å². The third-order valence-corrected chi connectivity index (χ3v) is 19.6. The fraction of sp³-hybridized carbons (Fsp3) is 0.945. The van der Waals surface area contributed by atoms with Crippen LogP contribution in [0, 0.1) is 11.8 Å². The highest BCUT2D eigenvalue weighted by Crippen LogP contribution is 2.45. The summed E-state index contributed by atoms with van der Waals surface area (Å²) in [5.41, 5.74) is 0. The van der Waals surface area contributed by atoms with Crippen molar-refractivity contribution >= 4 is 39.5 Å². The van der Waals surface area contributed by atoms with Gasteiger partial charge in [0.15, 0.2) is 12.2 Å². The monoisotopic (exact) mass is 1350 g/mol. The molecule has 0 aliphatic heterocycles. The van der Waals surface area contributed by atoms with Crippen molar-refractivity contribution in [3.05, 3.63) is 0 Å². The smallest absolute Gasteiger partial charge is 0.462 e. The van der Waals surface area contributed by atoms with Gasteiger partial charge < -0.3 is 33.8 Å². The van der Waals surface area contributed by atoms with Gasteiger partial charge in [-0.05, 0) is 37.5 Å². The molecule has 0 aromatic heterocycles. The molecule has 0 bridgehead atoms. The third kappa shape index (κ3) is 64.1. The van der Waals surface area contributed by atoms with Crippen molar-refractivity contribution in [1.29, 1.82) is 0 Å². The first-order valence-electron chi connectivity index (χ1n) is 38.1. The zero-order valence-electron chi connectivity index (χ0n) is 59.9. The van der Waals surface area contributed by atoms with Gasteiger partial charge in [-0.25, -0.2) is 9.13 Å². The molecular formula is C73H142O17P2. The Labute approximate surface area is 562 Å². The topological polar surface area (TPSA) is 237 Å². The molecule has 0 saturated heterocycles. The first-order chi connectivity index (χ1) is 44.4. The minimum absolute atomic E-state index is 0.105. The number of ether oxygens (including phenoxy) is 4. The summed E-state index contributed by atoms with van der Waals surface area (Å²) in [7, 11) is -9.90. The Balaban J connectivity index is 5.17. The molecule has 0 amide bonds. The average molecular weight is 1350 g/mol. The molecule has 0 saturated carbocycles. The van der Waals surface area contributed by atoms with E-state index < -0.39 is 97.5 Å². The molecule has 0 aromatic rings. The summed E-state index contributed by atoms with van der Waals surface area (Å²) >= 11 is 0. The second kappa shape index (κ2) is 65.0. The van der Waals surface area contributed by atoms with E-state index in [1.165, 1.54) is 180 Å². The number of carbonyl (C=O) groups excluding carboxylic acids is 4. The summed E-state index contributed by atoms with van der Waals surface area (Å²) in [6, 6.07) is 0. The highest BCUT2D eigenvalue weighted by Gasteiger charge is 2.30. The maximum Gasteiger partial charge on any atom is 0.472 e. The van der Waals surface area contributed by atoms with E-state index >= 15 is 0 Å². The SMILES string of the molecule is CCCCCCCCCCCC(=O)O[C@H](COC(=O)CCCCCCCCC)COP(=O)(O)OC[C@H](O)COP(=O)(O)OC[C@@H](COC(=O)CCCCCCCCCCCCCCCCC(C)CC)OC(=O)CCCCCCCCCCCCCCCCC(C)CC. The Hall–Kier alpha value is -1.94. The van der Waals surface area contributed by atoms with Gasteiger partial charge in [-0.15, -0.1) is 0 Å². The highest BCUT2D eigenvalue weighted by atomic mass is 31.2. The first kappa shape index (κ1) is 90.1. The summed E-state index contributed by atoms with van der Waals surface area (Å²) < 4.78 is 68.2. The number of phosphoric ester groups is 2. The molecule has 3 N–H and O–H groups in total. The van der Waals surface area contributed by atoms with Gasteiger partial charge in [-0.2, -0.15) is 0 Å². The summed E-state index contributed by atoms with van der Waals surface area (Å²) in [6.45, 7) is 9.62. The lowest BCUT2D eigenvalue weighted by molar-refractivity contribution is -0.161. The Morgan fingerprint density at radius 2 is 0.522 bits per heavy atom. The maximum absolute atomic E-state index is 13.1. The van der Waals surface area contributed by atoms with Gasteiger partial charge in [0.25, 0.3) is 0 Å². The number of rotatable bonds is 72. The Kier molecular flexibility index (Phi) is 63.7. The summed E-state index contributed by atoms with van der Waals surface area (Å²) in [6.07, 6.45) is 51.4. The van der Waals surface area contributed by atoms with Gasteiger partial charge in [0.2, 0.25) is 0 Å². The molecule has 0 heterocycles. The summed E-state index contributed by atoms with van der Waals surface area (Å²) in [5.74, 6) is -0.430. The lowest BCUT2D eigenvalue weighted by Gasteiger charge is -2.21. The van der Waals surface area contributed by atoms with Crippen LogP contribution in [0.2, 0.25) is 0 Å². The fourth-order valence-corrected chi connectivity index (χ4v) is 12.6. The van der Waals surface area contributed by atoms with Crippen molar-refractivity contribution in [2.45, 2.75) is 394 Å². The molecule has 4 unspecified atom stereocenters. The lowest BCUT2D eigenvalue weighted by Crippen LogP contribution is -2.30. The first-order valence-corrected chi connectivity index (χ1v) is 41.1. The van der Waals surface area contributed by atoms with Crippen molar-refractivity contribution in [3.63, 3.8) is 0 Å². The van der Waals surface area contributed by atoms with E-state index in [9.17, 15) is 43.2 Å². The molecule has 7 atom stereocenters. The zero-order valence-corrected chi connectivity index (χ0v) is 61.6. The maximum atomic E-state index is 13.1. The number of phosphoric acid groups is 2. The normalized spacial score (nSPS) is 14.7. The number of hydrogen-bond donors (Lipinski definition) is 3. The van der Waals surface area contributed by atoms with Crippen molar-refractivity contribution in [2.24, 2.45) is 11.8 Å². The summed E-state index contributed by atoms with van der Waals surface area (Å²) in [4.78, 5) is 72.5. The number of unbranched alkanes of at least 4 members (excludes halogenated alkanes) is 40. The van der Waals surface area contributed by atoms with Gasteiger partial charge >= 0.3 is 39.5 Å². The molecule has 0 radical (unpaired) electrons. The van der Waals surface area contributed by atoms with E-state index in [-0.39, 0.29) is 25.7 Å². The molecule has 0 aliphatic rings. The molecule has 0 rings (SSSR count). The van der Waals surface area contributed by atoms with Crippen LogP contribution in [0.4, 0.5) is 0 Å². The van der Waals surface area contributed by atoms with Crippen LogP contribution in [0.1, 0.15) is 375 Å². The molecule has 0 aliphatic carbocycles. The van der Waals surface area contributed by atoms with Crippen LogP contribution in [0.5, 0.6) is 0 Å². The van der Waals surface area contributed by atoms with Crippen molar-refractivity contribution < 1.29 is 80.2 Å². The van der Waals surface area contributed by atoms with E-state index in [0.29, 0.717) is 25.7 Å². The second-order valence-electron chi connectivity index (χ2n) is 26.8. The minimum atomic E-state index is -4.95. The number of aliphatic hydroxyl groups excluding tert-OH is 1. The molecule has 92 heavy (non-hydrogen) atoms. The molecule has 0 fully saturated rings. The van der Waals surface area contributed by atoms with E-state index in [0.717, 1.165) is 115 Å².